The molecule has 5 rings (SSSR count). The number of hydrogen-bond acceptors (Lipinski definition) is 7. The number of carbonyl (C=O) groups excluding carboxylic acids is 2. The van der Waals surface area contributed by atoms with Crippen LogP contribution in [0.5, 0.6) is 0 Å². The fraction of sp³-hybridized carbons (Fsp3) is 0.387. The highest BCUT2D eigenvalue weighted by molar-refractivity contribution is 7.13. The molecule has 204 valence electrons. The Bertz CT molecular complexity index is 1210. The maximum absolute atomic E-state index is 14.4. The van der Waals surface area contributed by atoms with E-state index in [1.54, 1.807) is 17.4 Å². The van der Waals surface area contributed by atoms with Gasteiger partial charge in [0, 0.05) is 50.4 Å². The summed E-state index contributed by atoms with van der Waals surface area (Å²) in [6, 6.07) is 20.2. The van der Waals surface area contributed by atoms with Crippen LogP contribution in [0.2, 0.25) is 0 Å². The molecule has 0 aliphatic carbocycles. The van der Waals surface area contributed by atoms with E-state index in [4.69, 9.17) is 4.74 Å². The van der Waals surface area contributed by atoms with E-state index in [0.29, 0.717) is 13.2 Å². The standard InChI is InChI=1S/C31H36N4O3S/c1-2-38-28(36)20-24-10-9-16-33(21-24)22-27-23-34(31-32-15-19-39-31)17-18-35(27)30(37)29(25-11-5-3-6-12-25)26-13-7-4-8-14-26/h3-8,11-15,19-20,27,29H,2,9-10,16-18,21-23H2,1H3/t27-/m1/s1. The molecule has 1 aromatic heterocycles. The zero-order valence-electron chi connectivity index (χ0n) is 22.4. The molecule has 0 unspecified atom stereocenters. The average Bonchev–Trinajstić information content (AvgIpc) is 3.50. The molecule has 3 aromatic rings. The second-order valence-electron chi connectivity index (χ2n) is 10.1. The number of nitrogens with zero attached hydrogens (tertiary/aromatic N) is 4. The summed E-state index contributed by atoms with van der Waals surface area (Å²) in [4.78, 5) is 37.8. The summed E-state index contributed by atoms with van der Waals surface area (Å²) in [5.41, 5.74) is 3.11. The highest BCUT2D eigenvalue weighted by Gasteiger charge is 2.37. The number of esters is 1. The maximum atomic E-state index is 14.4. The van der Waals surface area contributed by atoms with E-state index in [1.165, 1.54) is 0 Å². The molecule has 2 fully saturated rings. The number of amides is 1. The molecule has 3 heterocycles. The van der Waals surface area contributed by atoms with E-state index in [0.717, 1.165) is 67.4 Å². The summed E-state index contributed by atoms with van der Waals surface area (Å²) in [6.07, 6.45) is 5.38. The number of carbonyl (C=O) groups is 2. The van der Waals surface area contributed by atoms with Crippen LogP contribution < -0.4 is 4.90 Å². The molecule has 0 bridgehead atoms. The first-order valence-electron chi connectivity index (χ1n) is 13.8. The van der Waals surface area contributed by atoms with Gasteiger partial charge in [0.05, 0.1) is 18.6 Å². The van der Waals surface area contributed by atoms with Crippen LogP contribution in [0, 0.1) is 0 Å². The van der Waals surface area contributed by atoms with E-state index >= 15 is 0 Å². The number of aromatic nitrogens is 1. The molecular weight excluding hydrogens is 508 g/mol. The van der Waals surface area contributed by atoms with Crippen molar-refractivity contribution in [2.24, 2.45) is 0 Å². The lowest BCUT2D eigenvalue weighted by molar-refractivity contribution is -0.137. The summed E-state index contributed by atoms with van der Waals surface area (Å²) in [6.45, 7) is 6.71. The van der Waals surface area contributed by atoms with Crippen LogP contribution in [-0.4, -0.2) is 78.6 Å². The van der Waals surface area contributed by atoms with E-state index in [9.17, 15) is 9.59 Å². The third-order valence-corrected chi connectivity index (χ3v) is 8.28. The van der Waals surface area contributed by atoms with Crippen LogP contribution in [0.1, 0.15) is 36.8 Å². The van der Waals surface area contributed by atoms with Crippen LogP contribution >= 0.6 is 11.3 Å². The van der Waals surface area contributed by atoms with Gasteiger partial charge in [-0.1, -0.05) is 60.7 Å². The zero-order chi connectivity index (χ0) is 27.0. The molecular formula is C31H36N4O3S. The third-order valence-electron chi connectivity index (χ3n) is 7.44. The fourth-order valence-corrected chi connectivity index (χ4v) is 6.36. The number of thiazole rings is 1. The molecule has 1 amide bonds. The van der Waals surface area contributed by atoms with Crippen molar-refractivity contribution in [3.63, 3.8) is 0 Å². The first-order valence-corrected chi connectivity index (χ1v) is 14.6. The average molecular weight is 545 g/mol. The molecule has 2 aliphatic heterocycles. The first kappa shape index (κ1) is 27.1. The Morgan fingerprint density at radius 3 is 2.41 bits per heavy atom. The monoisotopic (exact) mass is 544 g/mol. The van der Waals surface area contributed by atoms with Crippen molar-refractivity contribution in [2.45, 2.75) is 31.7 Å². The smallest absolute Gasteiger partial charge is 0.330 e. The van der Waals surface area contributed by atoms with Gasteiger partial charge in [0.1, 0.15) is 0 Å². The minimum atomic E-state index is -0.359. The molecule has 7 nitrogen and oxygen atoms in total. The molecule has 39 heavy (non-hydrogen) atoms. The molecule has 0 spiro atoms. The number of anilines is 1. The summed E-state index contributed by atoms with van der Waals surface area (Å²) < 4.78 is 5.14. The molecule has 1 atom stereocenters. The Kier molecular flexibility index (Phi) is 9.06. The predicted molar refractivity (Wildman–Crippen MR) is 155 cm³/mol. The van der Waals surface area contributed by atoms with Gasteiger partial charge < -0.3 is 14.5 Å². The summed E-state index contributed by atoms with van der Waals surface area (Å²) >= 11 is 1.64. The zero-order valence-corrected chi connectivity index (χ0v) is 23.3. The van der Waals surface area contributed by atoms with Crippen LogP contribution in [0.3, 0.4) is 0 Å². The SMILES string of the molecule is CCOC(=O)C=C1CCCN(C[C@@H]2CN(c3nccs3)CCN2C(=O)C(c2ccccc2)c2ccccc2)C1. The highest BCUT2D eigenvalue weighted by atomic mass is 32.1. The lowest BCUT2D eigenvalue weighted by Gasteiger charge is -2.45. The van der Waals surface area contributed by atoms with Crippen molar-refractivity contribution in [2.75, 3.05) is 50.8 Å². The van der Waals surface area contributed by atoms with Gasteiger partial charge in [0.25, 0.3) is 0 Å². The second kappa shape index (κ2) is 13.0. The number of benzene rings is 2. The lowest BCUT2D eigenvalue weighted by atomic mass is 9.89. The second-order valence-corrected chi connectivity index (χ2v) is 11.0. The number of likely N-dealkylation sites (tertiary alicyclic amines) is 1. The number of piperazine rings is 1. The van der Waals surface area contributed by atoms with Crippen molar-refractivity contribution >= 4 is 28.3 Å². The van der Waals surface area contributed by atoms with E-state index in [-0.39, 0.29) is 23.8 Å². The van der Waals surface area contributed by atoms with Crippen molar-refractivity contribution in [1.82, 2.24) is 14.8 Å². The molecule has 0 radical (unpaired) electrons. The topological polar surface area (TPSA) is 66.0 Å². The summed E-state index contributed by atoms with van der Waals surface area (Å²) in [5, 5.41) is 3.00. The number of hydrogen-bond donors (Lipinski definition) is 0. The quantitative estimate of drug-likeness (QED) is 0.306. The Morgan fingerprint density at radius 2 is 1.77 bits per heavy atom. The van der Waals surface area contributed by atoms with Gasteiger partial charge in [-0.2, -0.15) is 0 Å². The van der Waals surface area contributed by atoms with Gasteiger partial charge in [-0.15, -0.1) is 11.3 Å². The molecule has 2 saturated heterocycles. The van der Waals surface area contributed by atoms with Gasteiger partial charge >= 0.3 is 5.97 Å². The Labute approximate surface area is 234 Å². The maximum Gasteiger partial charge on any atom is 0.330 e. The van der Waals surface area contributed by atoms with E-state index in [2.05, 4.69) is 19.7 Å². The van der Waals surface area contributed by atoms with Gasteiger partial charge in [-0.3, -0.25) is 9.69 Å². The molecule has 0 saturated carbocycles. The Morgan fingerprint density at radius 1 is 1.05 bits per heavy atom. The summed E-state index contributed by atoms with van der Waals surface area (Å²) in [5.74, 6) is -0.496. The molecule has 8 heteroatoms. The van der Waals surface area contributed by atoms with E-state index in [1.807, 2.05) is 79.2 Å². The Balaban J connectivity index is 1.41. The Hall–Kier alpha value is -3.49. The number of rotatable bonds is 8. The normalized spacial score (nSPS) is 19.4. The van der Waals surface area contributed by atoms with Crippen molar-refractivity contribution in [1.29, 1.82) is 0 Å². The largest absolute Gasteiger partial charge is 0.463 e. The molecule has 0 N–H and O–H groups in total. The fourth-order valence-electron chi connectivity index (χ4n) is 5.68. The molecule has 2 aromatic carbocycles. The predicted octanol–water partition coefficient (Wildman–Crippen LogP) is 4.58. The van der Waals surface area contributed by atoms with Crippen LogP contribution in [0.15, 0.2) is 83.9 Å². The first-order chi connectivity index (χ1) is 19.1. The van der Waals surface area contributed by atoms with Crippen LogP contribution in [-0.2, 0) is 14.3 Å². The van der Waals surface area contributed by atoms with Gasteiger partial charge in [-0.05, 0) is 43.0 Å². The van der Waals surface area contributed by atoms with Crippen LogP contribution in [0.25, 0.3) is 0 Å². The van der Waals surface area contributed by atoms with Crippen molar-refractivity contribution < 1.29 is 14.3 Å². The van der Waals surface area contributed by atoms with E-state index < -0.39 is 0 Å². The minimum Gasteiger partial charge on any atom is -0.463 e. The van der Waals surface area contributed by atoms with Gasteiger partial charge in [0.15, 0.2) is 5.13 Å². The van der Waals surface area contributed by atoms with Crippen molar-refractivity contribution in [3.8, 4) is 0 Å². The van der Waals surface area contributed by atoms with Gasteiger partial charge in [-0.25, -0.2) is 9.78 Å². The number of piperidine rings is 1. The number of ether oxygens (including phenoxy) is 1. The van der Waals surface area contributed by atoms with Crippen LogP contribution in [0.4, 0.5) is 5.13 Å². The molecule has 2 aliphatic rings. The summed E-state index contributed by atoms with van der Waals surface area (Å²) in [7, 11) is 0. The third kappa shape index (κ3) is 6.75. The van der Waals surface area contributed by atoms with Gasteiger partial charge in [0.2, 0.25) is 5.91 Å². The minimum absolute atomic E-state index is 0.00739. The highest BCUT2D eigenvalue weighted by Crippen LogP contribution is 2.30. The van der Waals surface area contributed by atoms with Crippen molar-refractivity contribution in [3.05, 3.63) is 95.0 Å². The lowest BCUT2D eigenvalue weighted by Crippen LogP contribution is -2.60.